The monoisotopic (exact) mass is 460 g/mol. The lowest BCUT2D eigenvalue weighted by Crippen LogP contribution is -2.42. The van der Waals surface area contributed by atoms with E-state index >= 15 is 0 Å². The number of piperidine rings is 1. The predicted octanol–water partition coefficient (Wildman–Crippen LogP) is 4.13. The second kappa shape index (κ2) is 9.21. The highest BCUT2D eigenvalue weighted by Gasteiger charge is 2.32. The van der Waals surface area contributed by atoms with Crippen molar-refractivity contribution in [3.05, 3.63) is 59.5 Å². The Bertz CT molecular complexity index is 1160. The van der Waals surface area contributed by atoms with Crippen molar-refractivity contribution in [1.82, 2.24) is 19.5 Å². The number of halogens is 3. The molecule has 3 aromatic rings. The molecular weight excluding hydrogens is 437 g/mol. The second-order valence-electron chi connectivity index (χ2n) is 7.97. The van der Waals surface area contributed by atoms with E-state index in [1.54, 1.807) is 36.1 Å². The molecule has 3 heterocycles. The lowest BCUT2D eigenvalue weighted by molar-refractivity contribution is -0.138. The van der Waals surface area contributed by atoms with E-state index in [2.05, 4.69) is 10.2 Å². The van der Waals surface area contributed by atoms with Gasteiger partial charge in [0.05, 0.1) is 5.56 Å². The minimum atomic E-state index is -4.47. The van der Waals surface area contributed by atoms with E-state index in [1.807, 2.05) is 0 Å². The van der Waals surface area contributed by atoms with Gasteiger partial charge in [-0.05, 0) is 49.2 Å². The van der Waals surface area contributed by atoms with Crippen LogP contribution in [0.15, 0.2) is 42.6 Å². The molecule has 0 spiro atoms. The van der Waals surface area contributed by atoms with Crippen LogP contribution in [-0.4, -0.2) is 50.9 Å². The van der Waals surface area contributed by atoms with Crippen LogP contribution in [0.25, 0.3) is 5.65 Å². The number of amides is 1. The van der Waals surface area contributed by atoms with Gasteiger partial charge >= 0.3 is 6.18 Å². The number of carbonyl (C=O) groups is 2. The van der Waals surface area contributed by atoms with Crippen LogP contribution in [0, 0.1) is 0 Å². The van der Waals surface area contributed by atoms with Gasteiger partial charge in [-0.3, -0.25) is 14.0 Å². The zero-order valence-electron chi connectivity index (χ0n) is 18.0. The van der Waals surface area contributed by atoms with Crippen molar-refractivity contribution < 1.29 is 27.5 Å². The van der Waals surface area contributed by atoms with Crippen LogP contribution in [0.5, 0.6) is 5.75 Å². The normalized spacial score (nSPS) is 16.7. The van der Waals surface area contributed by atoms with Crippen LogP contribution < -0.4 is 4.74 Å². The lowest BCUT2D eigenvalue weighted by Gasteiger charge is -2.32. The molecule has 0 N–H and O–H groups in total. The summed E-state index contributed by atoms with van der Waals surface area (Å²) in [6, 6.07) is 8.89. The highest BCUT2D eigenvalue weighted by atomic mass is 19.4. The number of hydrogen-bond donors (Lipinski definition) is 0. The van der Waals surface area contributed by atoms with Crippen molar-refractivity contribution >= 4 is 17.3 Å². The molecule has 1 aliphatic rings. The summed E-state index contributed by atoms with van der Waals surface area (Å²) in [6.07, 6.45) is -1.68. The molecule has 10 heteroatoms. The Hall–Kier alpha value is -3.43. The van der Waals surface area contributed by atoms with Gasteiger partial charge in [-0.15, -0.1) is 10.2 Å². The maximum Gasteiger partial charge on any atom is 0.417 e. The first-order valence-corrected chi connectivity index (χ1v) is 10.7. The van der Waals surface area contributed by atoms with E-state index in [9.17, 15) is 22.8 Å². The number of Topliss-reactive ketones (excluding diaryl/α,β-unsaturated/α-hetero) is 1. The Kier molecular flexibility index (Phi) is 6.35. The fourth-order valence-electron chi connectivity index (χ4n) is 3.95. The molecule has 33 heavy (non-hydrogen) atoms. The average molecular weight is 460 g/mol. The molecule has 1 fully saturated rings. The fraction of sp³-hybridized carbons (Fsp3) is 0.391. The molecule has 0 aliphatic carbocycles. The zero-order chi connectivity index (χ0) is 23.6. The molecule has 1 aromatic carbocycles. The van der Waals surface area contributed by atoms with E-state index in [4.69, 9.17) is 4.74 Å². The number of fused-ring (bicyclic) bond motifs is 1. The summed E-state index contributed by atoms with van der Waals surface area (Å²) in [5.41, 5.74) is 0.138. The molecule has 0 radical (unpaired) electrons. The summed E-state index contributed by atoms with van der Waals surface area (Å²) in [6.45, 7) is 2.47. The summed E-state index contributed by atoms with van der Waals surface area (Å²) in [7, 11) is 0. The first kappa shape index (κ1) is 22.8. The number of ether oxygens (including phenoxy) is 1. The highest BCUT2D eigenvalue weighted by Crippen LogP contribution is 2.31. The van der Waals surface area contributed by atoms with Crippen molar-refractivity contribution in [3.63, 3.8) is 0 Å². The summed E-state index contributed by atoms with van der Waals surface area (Å²) in [5.74, 6) is 0.456. The minimum Gasteiger partial charge on any atom is -0.484 e. The molecule has 0 saturated carbocycles. The number of hydrogen-bond acceptors (Lipinski definition) is 5. The third-order valence-electron chi connectivity index (χ3n) is 5.75. The van der Waals surface area contributed by atoms with E-state index < -0.39 is 11.7 Å². The van der Waals surface area contributed by atoms with Gasteiger partial charge in [0.15, 0.2) is 18.0 Å². The van der Waals surface area contributed by atoms with Crippen LogP contribution >= 0.6 is 0 Å². The van der Waals surface area contributed by atoms with Crippen molar-refractivity contribution in [1.29, 1.82) is 0 Å². The molecule has 2 aromatic heterocycles. The number of aromatic nitrogens is 3. The topological polar surface area (TPSA) is 76.8 Å². The largest absolute Gasteiger partial charge is 0.484 e. The Morgan fingerprint density at radius 2 is 1.88 bits per heavy atom. The minimum absolute atomic E-state index is 0.0281. The molecule has 4 rings (SSSR count). The summed E-state index contributed by atoms with van der Waals surface area (Å²) >= 11 is 0. The van der Waals surface area contributed by atoms with Gasteiger partial charge in [0.1, 0.15) is 11.6 Å². The number of nitrogens with zero attached hydrogens (tertiary/aromatic N) is 4. The molecule has 7 nitrogen and oxygen atoms in total. The third-order valence-corrected chi connectivity index (χ3v) is 5.75. The van der Waals surface area contributed by atoms with Gasteiger partial charge < -0.3 is 9.64 Å². The van der Waals surface area contributed by atoms with Crippen molar-refractivity contribution in [2.24, 2.45) is 0 Å². The molecule has 174 valence electrons. The zero-order valence-corrected chi connectivity index (χ0v) is 18.0. The third kappa shape index (κ3) is 4.99. The molecular formula is C23H23F3N4O3. The smallest absolute Gasteiger partial charge is 0.417 e. The molecule has 1 saturated heterocycles. The number of rotatable bonds is 6. The SMILES string of the molecule is CCC(=O)c1ccc(OCC(=O)N2CCCC(c3nnc4ccc(C(F)(F)F)cn34)C2)cc1. The number of pyridine rings is 1. The Balaban J connectivity index is 1.42. The lowest BCUT2D eigenvalue weighted by atomic mass is 9.97. The van der Waals surface area contributed by atoms with Crippen molar-refractivity contribution in [2.45, 2.75) is 38.3 Å². The van der Waals surface area contributed by atoms with Crippen molar-refractivity contribution in [2.75, 3.05) is 19.7 Å². The Labute approximate surface area is 188 Å². The van der Waals surface area contributed by atoms with E-state index in [0.717, 1.165) is 12.3 Å². The van der Waals surface area contributed by atoms with Gasteiger partial charge in [-0.2, -0.15) is 13.2 Å². The van der Waals surface area contributed by atoms with E-state index in [0.29, 0.717) is 55.1 Å². The van der Waals surface area contributed by atoms with Crippen LogP contribution in [0.3, 0.4) is 0 Å². The summed E-state index contributed by atoms with van der Waals surface area (Å²) < 4.78 is 46.3. The summed E-state index contributed by atoms with van der Waals surface area (Å²) in [4.78, 5) is 26.1. The molecule has 0 bridgehead atoms. The van der Waals surface area contributed by atoms with Crippen LogP contribution in [0.1, 0.15) is 53.8 Å². The van der Waals surface area contributed by atoms with Crippen LogP contribution in [-0.2, 0) is 11.0 Å². The van der Waals surface area contributed by atoms with Crippen LogP contribution in [0.4, 0.5) is 13.2 Å². The van der Waals surface area contributed by atoms with Crippen molar-refractivity contribution in [3.8, 4) is 5.75 Å². The van der Waals surface area contributed by atoms with Gasteiger partial charge in [0, 0.05) is 37.2 Å². The molecule has 1 amide bonds. The number of ketones is 1. The fourth-order valence-corrected chi connectivity index (χ4v) is 3.95. The Morgan fingerprint density at radius 1 is 1.12 bits per heavy atom. The Morgan fingerprint density at radius 3 is 2.58 bits per heavy atom. The van der Waals surface area contributed by atoms with Gasteiger partial charge in [-0.1, -0.05) is 6.92 Å². The highest BCUT2D eigenvalue weighted by molar-refractivity contribution is 5.95. The van der Waals surface area contributed by atoms with Gasteiger partial charge in [0.25, 0.3) is 5.91 Å². The number of benzene rings is 1. The van der Waals surface area contributed by atoms with Gasteiger partial charge in [-0.25, -0.2) is 0 Å². The average Bonchev–Trinajstić information content (AvgIpc) is 3.25. The maximum atomic E-state index is 13.1. The molecule has 1 unspecified atom stereocenters. The van der Waals surface area contributed by atoms with E-state index in [-0.39, 0.29) is 24.2 Å². The predicted molar refractivity (Wildman–Crippen MR) is 113 cm³/mol. The molecule has 1 atom stereocenters. The summed E-state index contributed by atoms with van der Waals surface area (Å²) in [5, 5.41) is 8.09. The number of carbonyl (C=O) groups excluding carboxylic acids is 2. The van der Waals surface area contributed by atoms with Gasteiger partial charge in [0.2, 0.25) is 0 Å². The number of likely N-dealkylation sites (tertiary alicyclic amines) is 1. The van der Waals surface area contributed by atoms with Crippen LogP contribution in [0.2, 0.25) is 0 Å². The standard InChI is InChI=1S/C23H23F3N4O3/c1-2-19(31)15-5-8-18(9-6-15)33-14-21(32)29-11-3-4-16(12-29)22-28-27-20-10-7-17(13-30(20)22)23(24,25)26/h5-10,13,16H,2-4,11-12,14H2,1H3. The first-order valence-electron chi connectivity index (χ1n) is 10.7. The quantitative estimate of drug-likeness (QED) is 0.517. The number of alkyl halides is 3. The van der Waals surface area contributed by atoms with E-state index in [1.165, 1.54) is 10.5 Å². The second-order valence-corrected chi connectivity index (χ2v) is 7.97. The molecule has 1 aliphatic heterocycles. The first-order chi connectivity index (χ1) is 15.8. The maximum absolute atomic E-state index is 13.1.